The van der Waals surface area contributed by atoms with E-state index < -0.39 is 5.97 Å². The van der Waals surface area contributed by atoms with Crippen molar-refractivity contribution in [2.75, 3.05) is 6.54 Å². The number of halogens is 1. The molecule has 1 saturated heterocycles. The van der Waals surface area contributed by atoms with E-state index in [0.29, 0.717) is 15.8 Å². The second-order valence-electron chi connectivity index (χ2n) is 6.86. The second-order valence-corrected chi connectivity index (χ2v) is 8.53. The van der Waals surface area contributed by atoms with E-state index in [1.54, 1.807) is 23.1 Å². The number of unbranched alkanes of at least 4 members (excludes halogenated alkanes) is 7. The van der Waals surface area contributed by atoms with Crippen molar-refractivity contribution >= 4 is 46.3 Å². The highest BCUT2D eigenvalue weighted by Crippen LogP contribution is 2.32. The Balaban J connectivity index is 1.64. The SMILES string of the molecule is O=C(O)CCCCCCCCCCN1C(=O)C(=Cc2ccc(F)cc2)SC1=S. The molecule has 7 heteroatoms. The molecule has 152 valence electrons. The van der Waals surface area contributed by atoms with Gasteiger partial charge in [-0.15, -0.1) is 0 Å². The highest BCUT2D eigenvalue weighted by Gasteiger charge is 2.31. The smallest absolute Gasteiger partial charge is 0.303 e. The monoisotopic (exact) mass is 423 g/mol. The van der Waals surface area contributed by atoms with Gasteiger partial charge in [-0.2, -0.15) is 0 Å². The Morgan fingerprint density at radius 3 is 2.21 bits per heavy atom. The summed E-state index contributed by atoms with van der Waals surface area (Å²) < 4.78 is 13.6. The molecule has 0 aromatic heterocycles. The van der Waals surface area contributed by atoms with Gasteiger partial charge >= 0.3 is 5.97 Å². The Morgan fingerprint density at radius 1 is 1.04 bits per heavy atom. The van der Waals surface area contributed by atoms with E-state index in [9.17, 15) is 14.0 Å². The van der Waals surface area contributed by atoms with E-state index in [2.05, 4.69) is 0 Å². The van der Waals surface area contributed by atoms with Gasteiger partial charge in [0, 0.05) is 13.0 Å². The normalized spacial score (nSPS) is 15.6. The summed E-state index contributed by atoms with van der Waals surface area (Å²) >= 11 is 6.63. The van der Waals surface area contributed by atoms with Crippen molar-refractivity contribution in [2.45, 2.75) is 57.8 Å². The van der Waals surface area contributed by atoms with Crippen LogP contribution < -0.4 is 0 Å². The van der Waals surface area contributed by atoms with E-state index in [1.165, 1.54) is 23.9 Å². The minimum Gasteiger partial charge on any atom is -0.481 e. The number of carboxylic acids is 1. The summed E-state index contributed by atoms with van der Waals surface area (Å²) in [6.07, 6.45) is 10.2. The lowest BCUT2D eigenvalue weighted by atomic mass is 10.1. The average molecular weight is 424 g/mol. The first-order valence-electron chi connectivity index (χ1n) is 9.70. The predicted molar refractivity (Wildman–Crippen MR) is 115 cm³/mol. The highest BCUT2D eigenvalue weighted by molar-refractivity contribution is 8.26. The van der Waals surface area contributed by atoms with Crippen molar-refractivity contribution in [1.82, 2.24) is 4.90 Å². The molecule has 1 aliphatic heterocycles. The molecular weight excluding hydrogens is 397 g/mol. The van der Waals surface area contributed by atoms with Crippen LogP contribution in [0.3, 0.4) is 0 Å². The summed E-state index contributed by atoms with van der Waals surface area (Å²) in [4.78, 5) is 25.2. The number of benzene rings is 1. The van der Waals surface area contributed by atoms with Gasteiger partial charge in [0.15, 0.2) is 0 Å². The van der Waals surface area contributed by atoms with Gasteiger partial charge in [-0.05, 0) is 36.6 Å². The largest absolute Gasteiger partial charge is 0.481 e. The number of carbonyl (C=O) groups excluding carboxylic acids is 1. The number of hydrogen-bond acceptors (Lipinski definition) is 4. The topological polar surface area (TPSA) is 57.6 Å². The van der Waals surface area contributed by atoms with E-state index in [4.69, 9.17) is 17.3 Å². The summed E-state index contributed by atoms with van der Waals surface area (Å²) in [5.74, 6) is -1.09. The number of carbonyl (C=O) groups is 2. The molecule has 4 nitrogen and oxygen atoms in total. The van der Waals surface area contributed by atoms with E-state index in [-0.39, 0.29) is 18.1 Å². The van der Waals surface area contributed by atoms with Gasteiger partial charge in [0.2, 0.25) is 0 Å². The van der Waals surface area contributed by atoms with Crippen LogP contribution in [0.5, 0.6) is 0 Å². The third-order valence-electron chi connectivity index (χ3n) is 4.56. The first-order chi connectivity index (χ1) is 13.5. The lowest BCUT2D eigenvalue weighted by molar-refractivity contribution is -0.137. The molecule has 0 radical (unpaired) electrons. The third kappa shape index (κ3) is 7.72. The molecule has 1 N–H and O–H groups in total. The van der Waals surface area contributed by atoms with Crippen LogP contribution in [0.4, 0.5) is 4.39 Å². The third-order valence-corrected chi connectivity index (χ3v) is 5.94. The van der Waals surface area contributed by atoms with Gasteiger partial charge in [-0.3, -0.25) is 14.5 Å². The summed E-state index contributed by atoms with van der Waals surface area (Å²) in [5, 5.41) is 8.58. The standard InChI is InChI=1S/C21H26FNO3S2/c22-17-12-10-16(11-13-17)15-18-20(26)23(21(27)28-18)14-8-6-4-2-1-3-5-7-9-19(24)25/h10-13,15H,1-9,14H2,(H,24,25). The van der Waals surface area contributed by atoms with Crippen LogP contribution in [-0.2, 0) is 9.59 Å². The number of hydrogen-bond donors (Lipinski definition) is 1. The molecule has 1 heterocycles. The molecule has 0 atom stereocenters. The maximum Gasteiger partial charge on any atom is 0.303 e. The van der Waals surface area contributed by atoms with Crippen molar-refractivity contribution < 1.29 is 19.1 Å². The molecular formula is C21H26FNO3S2. The maximum absolute atomic E-state index is 13.0. The van der Waals surface area contributed by atoms with Crippen molar-refractivity contribution in [1.29, 1.82) is 0 Å². The quantitative estimate of drug-likeness (QED) is 0.268. The number of rotatable bonds is 12. The van der Waals surface area contributed by atoms with E-state index in [0.717, 1.165) is 56.9 Å². The Kier molecular flexibility index (Phi) is 9.64. The summed E-state index contributed by atoms with van der Waals surface area (Å²) in [6.45, 7) is 0.629. The minimum absolute atomic E-state index is 0.0715. The van der Waals surface area contributed by atoms with Gasteiger partial charge in [0.1, 0.15) is 10.1 Å². The van der Waals surface area contributed by atoms with Crippen molar-refractivity contribution in [2.24, 2.45) is 0 Å². The Hall–Kier alpha value is -1.73. The minimum atomic E-state index is -0.719. The second kappa shape index (κ2) is 12.0. The number of carboxylic acid groups (broad SMARTS) is 1. The lowest BCUT2D eigenvalue weighted by Gasteiger charge is -2.14. The number of amides is 1. The summed E-state index contributed by atoms with van der Waals surface area (Å²) in [6, 6.07) is 6.03. The maximum atomic E-state index is 13.0. The van der Waals surface area contributed by atoms with Gasteiger partial charge in [-0.25, -0.2) is 4.39 Å². The highest BCUT2D eigenvalue weighted by atomic mass is 32.2. The molecule has 0 bridgehead atoms. The molecule has 1 aliphatic rings. The van der Waals surface area contributed by atoms with Crippen molar-refractivity contribution in [3.8, 4) is 0 Å². The van der Waals surface area contributed by atoms with Crippen LogP contribution in [0.15, 0.2) is 29.2 Å². The fraction of sp³-hybridized carbons (Fsp3) is 0.476. The fourth-order valence-corrected chi connectivity index (χ4v) is 4.32. The molecule has 1 fully saturated rings. The van der Waals surface area contributed by atoms with Crippen molar-refractivity contribution in [3.05, 3.63) is 40.6 Å². The molecule has 1 aromatic rings. The van der Waals surface area contributed by atoms with Gasteiger partial charge < -0.3 is 5.11 Å². The van der Waals surface area contributed by atoms with Crippen molar-refractivity contribution in [3.63, 3.8) is 0 Å². The lowest BCUT2D eigenvalue weighted by Crippen LogP contribution is -2.29. The zero-order valence-electron chi connectivity index (χ0n) is 15.9. The van der Waals surface area contributed by atoms with Gasteiger partial charge in [0.25, 0.3) is 5.91 Å². The number of aliphatic carboxylic acids is 1. The van der Waals surface area contributed by atoms with E-state index in [1.807, 2.05) is 0 Å². The van der Waals surface area contributed by atoms with Crippen LogP contribution >= 0.6 is 24.0 Å². The first kappa shape index (κ1) is 22.6. The molecule has 0 unspecified atom stereocenters. The van der Waals surface area contributed by atoms with Crippen LogP contribution in [0.2, 0.25) is 0 Å². The van der Waals surface area contributed by atoms with Crippen LogP contribution in [0, 0.1) is 5.82 Å². The molecule has 2 rings (SSSR count). The zero-order chi connectivity index (χ0) is 20.4. The predicted octanol–water partition coefficient (Wildman–Crippen LogP) is 5.62. The van der Waals surface area contributed by atoms with E-state index >= 15 is 0 Å². The first-order valence-corrected chi connectivity index (χ1v) is 10.9. The molecule has 0 spiro atoms. The van der Waals surface area contributed by atoms with Crippen LogP contribution in [0.25, 0.3) is 6.08 Å². The molecule has 1 aromatic carbocycles. The molecule has 0 aliphatic carbocycles. The van der Waals surface area contributed by atoms with Crippen LogP contribution in [-0.4, -0.2) is 32.7 Å². The number of nitrogens with zero attached hydrogens (tertiary/aromatic N) is 1. The molecule has 1 amide bonds. The molecule has 0 saturated carbocycles. The Bertz CT molecular complexity index is 719. The van der Waals surface area contributed by atoms with Crippen LogP contribution in [0.1, 0.15) is 63.4 Å². The average Bonchev–Trinajstić information content (AvgIpc) is 2.92. The Labute approximate surface area is 175 Å². The van der Waals surface area contributed by atoms with Gasteiger partial charge in [-0.1, -0.05) is 74.6 Å². The number of thiocarbonyl (C=S) groups is 1. The summed E-state index contributed by atoms with van der Waals surface area (Å²) in [7, 11) is 0. The summed E-state index contributed by atoms with van der Waals surface area (Å²) in [5.41, 5.74) is 0.783. The fourth-order valence-electron chi connectivity index (χ4n) is 3.01. The zero-order valence-corrected chi connectivity index (χ0v) is 17.5. The molecule has 28 heavy (non-hydrogen) atoms. The Morgan fingerprint density at radius 2 is 1.61 bits per heavy atom. The number of thioether (sulfide) groups is 1. The van der Waals surface area contributed by atoms with Gasteiger partial charge in [0.05, 0.1) is 4.91 Å².